The van der Waals surface area contributed by atoms with Crippen LogP contribution in [-0.4, -0.2) is 256 Å². The van der Waals surface area contributed by atoms with Crippen LogP contribution in [0, 0.1) is 10.8 Å². The van der Waals surface area contributed by atoms with Gasteiger partial charge in [0.05, 0.1) is 39.1 Å². The summed E-state index contributed by atoms with van der Waals surface area (Å²) in [4.78, 5) is 163. The zero-order valence-corrected chi connectivity index (χ0v) is 67.9. The number of ether oxygens (including phenoxy) is 2. The van der Waals surface area contributed by atoms with Crippen LogP contribution in [0.3, 0.4) is 0 Å². The number of aryl methyl sites for hydroxylation is 1. The third-order valence-corrected chi connectivity index (χ3v) is 24.2. The third kappa shape index (κ3) is 30.1. The topological polar surface area (TPSA) is 751 Å². The third-order valence-electron chi connectivity index (χ3n) is 16.2. The summed E-state index contributed by atoms with van der Waals surface area (Å²) < 4.78 is 124. The Morgan fingerprint density at radius 2 is 0.913 bits per heavy atom. The van der Waals surface area contributed by atoms with E-state index in [0.717, 1.165) is 69.5 Å². The number of imidazole rings is 2. The van der Waals surface area contributed by atoms with Gasteiger partial charge in [-0.15, -0.1) is 0 Å². The number of aliphatic hydroxyl groups excluding tert-OH is 4. The Balaban J connectivity index is 0.000000318. The van der Waals surface area contributed by atoms with Crippen molar-refractivity contribution < 1.29 is 166 Å². The van der Waals surface area contributed by atoms with Gasteiger partial charge >= 0.3 is 46.9 Å². The van der Waals surface area contributed by atoms with Crippen LogP contribution in [0.25, 0.3) is 22.3 Å². The number of anilines is 2. The first kappa shape index (κ1) is 95.6. The van der Waals surface area contributed by atoms with Crippen LogP contribution < -0.4 is 32.7 Å². The first-order valence-corrected chi connectivity index (χ1v) is 44.8. The number of aromatic nitrogens is 8. The lowest BCUT2D eigenvalue weighted by Crippen LogP contribution is -2.46. The van der Waals surface area contributed by atoms with E-state index in [-0.39, 0.29) is 101 Å². The molecule has 8 rings (SSSR count). The molecule has 2 saturated heterocycles. The van der Waals surface area contributed by atoms with E-state index in [1.165, 1.54) is 39.8 Å². The van der Waals surface area contributed by atoms with Crippen LogP contribution in [0.1, 0.15) is 64.1 Å². The average molecular weight is 1790 g/mol. The van der Waals surface area contributed by atoms with Gasteiger partial charge in [0.25, 0.3) is 0 Å². The zero-order chi connectivity index (χ0) is 85.2. The first-order chi connectivity index (χ1) is 53.5. The van der Waals surface area contributed by atoms with Crippen molar-refractivity contribution in [3.8, 4) is 11.5 Å². The van der Waals surface area contributed by atoms with E-state index in [4.69, 9.17) is 39.0 Å². The number of nitrogens with zero attached hydrogens (tertiary/aromatic N) is 8. The highest BCUT2D eigenvalue weighted by molar-refractivity contribution is 8.13. The molecular weight excluding hydrogens is 1700 g/mol. The highest BCUT2D eigenvalue weighted by Gasteiger charge is 2.53. The predicted molar refractivity (Wildman–Crippen MR) is 398 cm³/mol. The van der Waals surface area contributed by atoms with E-state index in [1.807, 2.05) is 12.1 Å². The fraction of sp³-hybridized carbons (Fsp3) is 0.534. The van der Waals surface area contributed by atoms with E-state index >= 15 is 0 Å². The van der Waals surface area contributed by atoms with Gasteiger partial charge in [-0.3, -0.25) is 60.2 Å². The Bertz CT molecular complexity index is 4630. The normalized spacial score (nSPS) is 21.4. The number of hydrogen-bond acceptors (Lipinski definition) is 37. The molecule has 2 aliphatic rings. The minimum atomic E-state index is -5.58. The van der Waals surface area contributed by atoms with Gasteiger partial charge in [0.2, 0.25) is 23.6 Å². The summed E-state index contributed by atoms with van der Waals surface area (Å²) in [6, 6.07) is 13.1. The lowest BCUT2D eigenvalue weighted by Gasteiger charge is -2.30. The number of nitrogen functional groups attached to an aromatic ring is 2. The van der Waals surface area contributed by atoms with E-state index in [1.54, 1.807) is 36.0 Å². The summed E-state index contributed by atoms with van der Waals surface area (Å²) in [6.45, 7) is 1.15. The molecule has 0 aliphatic carbocycles. The second kappa shape index (κ2) is 41.4. The number of benzene rings is 2. The number of hydrogen-bond donors (Lipinski definition) is 20. The Kier molecular flexibility index (Phi) is 34.5. The number of phosphoric acid groups is 6. The zero-order valence-electron chi connectivity index (χ0n) is 60.9. The molecule has 4 unspecified atom stereocenters. The summed E-state index contributed by atoms with van der Waals surface area (Å²) in [5.41, 5.74) is 10.3. The second-order valence-electron chi connectivity index (χ2n) is 26.2. The van der Waals surface area contributed by atoms with Gasteiger partial charge in [-0.2, -0.15) is 20.4 Å². The van der Waals surface area contributed by atoms with Gasteiger partial charge < -0.3 is 112 Å². The van der Waals surface area contributed by atoms with Gasteiger partial charge in [0.15, 0.2) is 40.5 Å². The molecule has 0 radical (unpaired) electrons. The maximum atomic E-state index is 12.7. The van der Waals surface area contributed by atoms with Crippen molar-refractivity contribution in [1.29, 1.82) is 0 Å². The molecule has 4 aromatic heterocycles. The van der Waals surface area contributed by atoms with Crippen molar-refractivity contribution in [2.45, 2.75) is 115 Å². The maximum absolute atomic E-state index is 12.7. The first-order valence-electron chi connectivity index (χ1n) is 33.6. The molecular formula is C58H86N14O35P6S2. The van der Waals surface area contributed by atoms with Crippen molar-refractivity contribution in [3.05, 3.63) is 85.0 Å². The minimum absolute atomic E-state index is 0.0252. The fourth-order valence-corrected chi connectivity index (χ4v) is 17.5. The SMILES string of the molecule is CC(C)(COP(=O)(O)OP(=O)(O)OC[C@H]1O[C@@H](n2cnc3c(N)ncnc32)[C@H](O)[C@@H]1OP(=O)(O)O)[C@@H](O)C(=O)NCCC(=O)NCCSC(=O)Cc1ccc(O)cc1.CC(C)(COP(=O)(O)OP(=O)(O)OC[C@H]1O[C@@H](n2cnc3c(N)ncnc32)[C@H](O)[C@@H]1OP(=O)(O)O)[C@@H](O)C(=O)NCCC(=O)NCCSCCc1ccc(O)cc1. The fourth-order valence-electron chi connectivity index (χ4n) is 10.3. The van der Waals surface area contributed by atoms with Crippen molar-refractivity contribution in [1.82, 2.24) is 60.3 Å². The van der Waals surface area contributed by atoms with Crippen LogP contribution in [-0.2, 0) is 109 Å². The minimum Gasteiger partial charge on any atom is -0.508 e. The number of phenolic OH excluding ortho intramolecular Hbond substituents is 2. The van der Waals surface area contributed by atoms with Crippen LogP contribution >= 0.6 is 70.5 Å². The Morgan fingerprint density at radius 3 is 1.31 bits per heavy atom. The smallest absolute Gasteiger partial charge is 0.481 e. The maximum Gasteiger partial charge on any atom is 0.481 e. The van der Waals surface area contributed by atoms with Gasteiger partial charge in [0.1, 0.15) is 84.0 Å². The number of phosphoric ester groups is 6. The number of amides is 4. The van der Waals surface area contributed by atoms with Gasteiger partial charge in [-0.25, -0.2) is 57.3 Å². The molecule has 6 aromatic rings. The number of thioether (sulfide) groups is 2. The Hall–Kier alpha value is -6.51. The standard InChI is InChI=1S/C29H42N7O18P3S.C29H44N7O17P3S/c1-29(2,24(41)27(42)32-8-7-19(38)31-9-10-58-20(39)11-16-3-5-17(37)6-4-16)13-51-57(48,49)54-56(46,47)50-12-18-23(53-55(43,44)45)22(40)28(52-18)36-15-35-21-25(30)33-14-34-26(21)36;1-29(2,24(40)27(41)32-9-7-20(38)31-10-12-57-11-8-17-3-5-18(37)6-4-17)14-50-56(47,48)53-55(45,46)49-13-19-23(52-54(42,43)44)22(39)28(51-19)36-16-35-21-25(30)33-15-34-26(21)36/h3-6,14-15,18,22-24,28,37,40-41H,7-13H2,1-2H3,(H,31,38)(H,32,42)(H,46,47)(H,48,49)(H2,30,33,34)(H2,43,44,45);3-6,15-16,19,22-24,28,37,39-40H,7-14H2,1-2H3,(H,31,38)(H,32,41)(H,45,46)(H,47,48)(H2,30,33,34)(H2,42,43,44)/t18-,22-,23-,24+,28-;19-,22-,23-,24+,28-/m11/s1. The number of carbonyl (C=O) groups excluding carboxylic acids is 5. The number of carbonyl (C=O) groups is 5. The number of aromatic hydroxyl groups is 2. The van der Waals surface area contributed by atoms with E-state index in [0.29, 0.717) is 12.3 Å². The summed E-state index contributed by atoms with van der Waals surface area (Å²) in [5.74, 6) is -0.846. The second-order valence-corrected chi connectivity index (χ2v) is 37.1. The Morgan fingerprint density at radius 1 is 0.530 bits per heavy atom. The van der Waals surface area contributed by atoms with Gasteiger partial charge in [-0.1, -0.05) is 63.7 Å². The number of nitrogens with one attached hydrogen (secondary N) is 4. The van der Waals surface area contributed by atoms with E-state index in [9.17, 15) is 121 Å². The van der Waals surface area contributed by atoms with Crippen molar-refractivity contribution in [2.75, 3.05) is 81.3 Å². The molecule has 0 spiro atoms. The average Bonchev–Trinajstić information content (AvgIpc) is 1.62. The molecule has 4 amide bonds. The van der Waals surface area contributed by atoms with Gasteiger partial charge in [-0.05, 0) is 47.6 Å². The molecule has 115 heavy (non-hydrogen) atoms. The van der Waals surface area contributed by atoms with Crippen LogP contribution in [0.4, 0.5) is 11.6 Å². The number of fused-ring (bicyclic) bond motifs is 2. The number of rotatable bonds is 43. The van der Waals surface area contributed by atoms with Crippen molar-refractivity contribution in [2.24, 2.45) is 10.8 Å². The lowest BCUT2D eigenvalue weighted by atomic mass is 9.87. The lowest BCUT2D eigenvalue weighted by molar-refractivity contribution is -0.137. The van der Waals surface area contributed by atoms with Crippen LogP contribution in [0.15, 0.2) is 73.8 Å². The van der Waals surface area contributed by atoms with Crippen molar-refractivity contribution >= 4 is 133 Å². The van der Waals surface area contributed by atoms with Crippen LogP contribution in [0.2, 0.25) is 0 Å². The highest BCUT2D eigenvalue weighted by atomic mass is 32.2. The molecule has 57 heteroatoms. The quantitative estimate of drug-likeness (QED) is 0.0173. The molecule has 14 atom stereocenters. The molecule has 22 N–H and O–H groups in total. The van der Waals surface area contributed by atoms with Crippen LogP contribution in [0.5, 0.6) is 11.5 Å². The monoisotopic (exact) mass is 1790 g/mol. The van der Waals surface area contributed by atoms with E-state index in [2.05, 4.69) is 68.8 Å². The van der Waals surface area contributed by atoms with Gasteiger partial charge in [0, 0.05) is 67.8 Å². The number of nitrogens with two attached hydrogens (primary N) is 2. The van der Waals surface area contributed by atoms with Crippen molar-refractivity contribution in [3.63, 3.8) is 0 Å². The number of phenols is 2. The molecule has 2 aliphatic heterocycles. The highest BCUT2D eigenvalue weighted by Crippen LogP contribution is 2.63. The number of aliphatic hydroxyl groups is 4. The largest absolute Gasteiger partial charge is 0.508 e. The molecule has 49 nitrogen and oxygen atoms in total. The Labute approximate surface area is 660 Å². The summed E-state index contributed by atoms with van der Waals surface area (Å²) in [7, 11) is -32.8. The molecule has 6 heterocycles. The molecule has 2 fully saturated rings. The molecule has 640 valence electrons. The van der Waals surface area contributed by atoms with E-state index < -0.39 is 163 Å². The molecule has 0 bridgehead atoms. The molecule has 0 saturated carbocycles. The predicted octanol–water partition coefficient (Wildman–Crippen LogP) is -0.301. The molecule has 2 aromatic carbocycles. The summed E-state index contributed by atoms with van der Waals surface area (Å²) in [6.07, 6.45) is -12.9. The summed E-state index contributed by atoms with van der Waals surface area (Å²) >= 11 is 2.63. The summed E-state index contributed by atoms with van der Waals surface area (Å²) in [5, 5.41) is 71.4.